The zero-order valence-electron chi connectivity index (χ0n) is 19.3. The van der Waals surface area contributed by atoms with Gasteiger partial charge in [0.05, 0.1) is 31.8 Å². The fourth-order valence-corrected chi connectivity index (χ4v) is 3.78. The van der Waals surface area contributed by atoms with Crippen LogP contribution in [0, 0.1) is 24.7 Å². The van der Waals surface area contributed by atoms with E-state index in [1.54, 1.807) is 26.2 Å². The van der Waals surface area contributed by atoms with Crippen LogP contribution in [0.2, 0.25) is 15.1 Å². The predicted octanol–water partition coefficient (Wildman–Crippen LogP) is 5.66. The summed E-state index contributed by atoms with van der Waals surface area (Å²) in [4.78, 5) is 0. The smallest absolute Gasteiger partial charge is 0.168 e. The number of benzene rings is 2. The molecule has 1 heterocycles. The summed E-state index contributed by atoms with van der Waals surface area (Å²) in [6.07, 6.45) is -0.284. The predicted molar refractivity (Wildman–Crippen MR) is 134 cm³/mol. The molecule has 33 heavy (non-hydrogen) atoms. The third-order valence-corrected chi connectivity index (χ3v) is 5.53. The van der Waals surface area contributed by atoms with Crippen molar-refractivity contribution < 1.29 is 24.4 Å². The fourth-order valence-electron chi connectivity index (χ4n) is 3.09. The van der Waals surface area contributed by atoms with Gasteiger partial charge in [0, 0.05) is 29.3 Å². The molecule has 3 unspecified atom stereocenters. The summed E-state index contributed by atoms with van der Waals surface area (Å²) in [5.74, 6) is 5.59. The molecule has 0 amide bonds. The Bertz CT molecular complexity index is 911. The summed E-state index contributed by atoms with van der Waals surface area (Å²) in [5, 5.41) is 18.6. The molecule has 0 radical (unpaired) electrons. The Morgan fingerprint density at radius 1 is 1.03 bits per heavy atom. The number of rotatable bonds is 6. The molecule has 1 aliphatic heterocycles. The number of aryl methyl sites for hydroxylation is 1. The van der Waals surface area contributed by atoms with Crippen LogP contribution < -0.4 is 0 Å². The molecule has 2 N–H and O–H groups in total. The molecule has 3 atom stereocenters. The lowest BCUT2D eigenvalue weighted by molar-refractivity contribution is -0.117. The number of aliphatic hydroxyl groups excluding tert-OH is 2. The Kier molecular flexibility index (Phi) is 14.7. The monoisotopic (exact) mass is 516 g/mol. The van der Waals surface area contributed by atoms with Crippen LogP contribution in [-0.2, 0) is 27.4 Å². The number of hydrogen-bond donors (Lipinski definition) is 2. The average Bonchev–Trinajstić information content (AvgIpc) is 3.13. The zero-order chi connectivity index (χ0) is 24.8. The van der Waals surface area contributed by atoms with E-state index in [9.17, 15) is 5.11 Å². The zero-order valence-corrected chi connectivity index (χ0v) is 21.5. The first kappa shape index (κ1) is 29.7. The van der Waals surface area contributed by atoms with Gasteiger partial charge in [-0.25, -0.2) is 0 Å². The average molecular weight is 518 g/mol. The van der Waals surface area contributed by atoms with Crippen LogP contribution in [-0.4, -0.2) is 43.4 Å². The van der Waals surface area contributed by atoms with Gasteiger partial charge in [0.1, 0.15) is 0 Å². The molecular formula is C25H31Cl3O5. The fraction of sp³-hybridized carbons (Fsp3) is 0.440. The van der Waals surface area contributed by atoms with Crippen molar-refractivity contribution in [3.05, 3.63) is 68.2 Å². The molecule has 0 spiro atoms. The van der Waals surface area contributed by atoms with Crippen LogP contribution in [0.1, 0.15) is 30.0 Å². The van der Waals surface area contributed by atoms with Crippen molar-refractivity contribution >= 4 is 34.8 Å². The molecule has 1 fully saturated rings. The van der Waals surface area contributed by atoms with Gasteiger partial charge in [0.15, 0.2) is 6.29 Å². The molecule has 2 aromatic carbocycles. The first-order chi connectivity index (χ1) is 15.8. The van der Waals surface area contributed by atoms with E-state index in [2.05, 4.69) is 11.8 Å². The molecule has 0 bridgehead atoms. The van der Waals surface area contributed by atoms with E-state index in [1.807, 2.05) is 31.2 Å². The van der Waals surface area contributed by atoms with Crippen LogP contribution in [0.15, 0.2) is 36.4 Å². The van der Waals surface area contributed by atoms with Crippen molar-refractivity contribution in [3.63, 3.8) is 0 Å². The molecule has 182 valence electrons. The molecule has 5 nitrogen and oxygen atoms in total. The first-order valence-corrected chi connectivity index (χ1v) is 11.4. The normalized spacial score (nSPS) is 18.9. The maximum Gasteiger partial charge on any atom is 0.168 e. The van der Waals surface area contributed by atoms with Crippen LogP contribution in [0.25, 0.3) is 0 Å². The van der Waals surface area contributed by atoms with E-state index in [-0.39, 0.29) is 12.0 Å². The molecule has 0 aliphatic carbocycles. The van der Waals surface area contributed by atoms with E-state index in [0.29, 0.717) is 36.3 Å². The second-order valence-electron chi connectivity index (χ2n) is 7.14. The van der Waals surface area contributed by atoms with Crippen molar-refractivity contribution in [2.45, 2.75) is 45.9 Å². The SMILES string of the molecule is CC#CC1CC(COCc2ccc(Cl)cc2Cl)OC1O.CO.COCc1ccc(Cl)cc1C. The highest BCUT2D eigenvalue weighted by Gasteiger charge is 2.32. The summed E-state index contributed by atoms with van der Waals surface area (Å²) in [6.45, 7) is 5.22. The lowest BCUT2D eigenvalue weighted by Gasteiger charge is -2.11. The highest BCUT2D eigenvalue weighted by atomic mass is 35.5. The van der Waals surface area contributed by atoms with Gasteiger partial charge in [-0.3, -0.25) is 0 Å². The van der Waals surface area contributed by atoms with E-state index < -0.39 is 6.29 Å². The molecule has 0 aromatic heterocycles. The maximum atomic E-state index is 9.67. The quantitative estimate of drug-likeness (QED) is 0.484. The highest BCUT2D eigenvalue weighted by Crippen LogP contribution is 2.26. The van der Waals surface area contributed by atoms with Gasteiger partial charge >= 0.3 is 0 Å². The number of aliphatic hydroxyl groups is 2. The number of hydrogen-bond acceptors (Lipinski definition) is 5. The topological polar surface area (TPSA) is 68.2 Å². The van der Waals surface area contributed by atoms with Gasteiger partial charge in [-0.15, -0.1) is 5.92 Å². The van der Waals surface area contributed by atoms with Crippen molar-refractivity contribution in [1.82, 2.24) is 0 Å². The second-order valence-corrected chi connectivity index (χ2v) is 8.42. The van der Waals surface area contributed by atoms with E-state index >= 15 is 0 Å². The maximum absolute atomic E-state index is 9.67. The summed E-state index contributed by atoms with van der Waals surface area (Å²) in [7, 11) is 2.69. The highest BCUT2D eigenvalue weighted by molar-refractivity contribution is 6.35. The van der Waals surface area contributed by atoms with Gasteiger partial charge in [-0.2, -0.15) is 0 Å². The molecule has 8 heteroatoms. The molecule has 3 rings (SSSR count). The van der Waals surface area contributed by atoms with Crippen LogP contribution in [0.5, 0.6) is 0 Å². The molecular weight excluding hydrogens is 487 g/mol. The van der Waals surface area contributed by atoms with Crippen LogP contribution in [0.3, 0.4) is 0 Å². The van der Waals surface area contributed by atoms with Gasteiger partial charge in [0.25, 0.3) is 0 Å². The number of halogens is 3. The second kappa shape index (κ2) is 16.3. The Balaban J connectivity index is 0.000000354. The van der Waals surface area contributed by atoms with Crippen molar-refractivity contribution in [1.29, 1.82) is 0 Å². The Morgan fingerprint density at radius 2 is 1.67 bits per heavy atom. The lowest BCUT2D eigenvalue weighted by Crippen LogP contribution is -2.17. The minimum Gasteiger partial charge on any atom is -0.400 e. The summed E-state index contributed by atoms with van der Waals surface area (Å²) in [5.41, 5.74) is 3.25. The summed E-state index contributed by atoms with van der Waals surface area (Å²) in [6, 6.07) is 11.1. The Hall–Kier alpha value is -1.33. The summed E-state index contributed by atoms with van der Waals surface area (Å²) < 4.78 is 16.0. The largest absolute Gasteiger partial charge is 0.400 e. The molecule has 1 aliphatic rings. The van der Waals surface area contributed by atoms with Gasteiger partial charge in [-0.1, -0.05) is 52.9 Å². The third-order valence-electron chi connectivity index (χ3n) is 4.70. The number of ether oxygens (including phenoxy) is 3. The minimum absolute atomic E-state index is 0.132. The Labute approximate surface area is 211 Å². The Morgan fingerprint density at radius 3 is 2.24 bits per heavy atom. The van der Waals surface area contributed by atoms with Gasteiger partial charge in [0.2, 0.25) is 0 Å². The van der Waals surface area contributed by atoms with Crippen molar-refractivity contribution in [3.8, 4) is 11.8 Å². The van der Waals surface area contributed by atoms with Gasteiger partial charge < -0.3 is 24.4 Å². The first-order valence-electron chi connectivity index (χ1n) is 10.3. The number of methoxy groups -OCH3 is 1. The third kappa shape index (κ3) is 10.6. The minimum atomic E-state index is -0.824. The van der Waals surface area contributed by atoms with Crippen molar-refractivity contribution in [2.75, 3.05) is 20.8 Å². The van der Waals surface area contributed by atoms with Crippen molar-refractivity contribution in [2.24, 2.45) is 5.92 Å². The standard InChI is InChI=1S/C15H16Cl2O3.C9H11ClO.CH4O/c1-2-3-10-6-13(20-15(10)18)9-19-8-11-4-5-12(16)7-14(11)17;1-7-5-9(10)4-3-8(7)6-11-2;1-2/h4-5,7,10,13,15,18H,6,8-9H2,1H3;3-5H,6H2,1-2H3;2H,1H3. The van der Waals surface area contributed by atoms with Crippen LogP contribution in [0.4, 0.5) is 0 Å². The van der Waals surface area contributed by atoms with E-state index in [4.69, 9.17) is 54.1 Å². The molecule has 1 saturated heterocycles. The molecule has 0 saturated carbocycles. The summed E-state index contributed by atoms with van der Waals surface area (Å²) >= 11 is 17.7. The van der Waals surface area contributed by atoms with Gasteiger partial charge in [-0.05, 0) is 61.2 Å². The lowest BCUT2D eigenvalue weighted by atomic mass is 10.1. The van der Waals surface area contributed by atoms with E-state index in [1.165, 1.54) is 11.1 Å². The van der Waals surface area contributed by atoms with Crippen LogP contribution >= 0.6 is 34.8 Å². The molecule has 2 aromatic rings. The van der Waals surface area contributed by atoms with E-state index in [0.717, 1.165) is 17.7 Å².